The fourth-order valence-corrected chi connectivity index (χ4v) is 3.04. The molecule has 1 saturated carbocycles. The van der Waals surface area contributed by atoms with E-state index in [-0.39, 0.29) is 12.0 Å². The zero-order chi connectivity index (χ0) is 13.2. The van der Waals surface area contributed by atoms with Crippen molar-refractivity contribution in [2.75, 3.05) is 0 Å². The predicted octanol–water partition coefficient (Wildman–Crippen LogP) is 2.95. The molecule has 1 aromatic heterocycles. The normalized spacial score (nSPS) is 23.4. The van der Waals surface area contributed by atoms with E-state index in [1.165, 1.54) is 0 Å². The minimum atomic E-state index is -0.318. The first-order valence-electron chi connectivity index (χ1n) is 6.68. The smallest absolute Gasteiger partial charge is 0.199 e. The van der Waals surface area contributed by atoms with Crippen LogP contribution in [0.15, 0.2) is 30.3 Å². The molecule has 0 bridgehead atoms. The van der Waals surface area contributed by atoms with Crippen LogP contribution in [0.2, 0.25) is 0 Å². The fourth-order valence-electron chi connectivity index (χ4n) is 2.80. The van der Waals surface area contributed by atoms with Gasteiger partial charge in [0, 0.05) is 11.6 Å². The Hall–Kier alpha value is -1.46. The summed E-state index contributed by atoms with van der Waals surface area (Å²) in [6.45, 7) is 0. The summed E-state index contributed by atoms with van der Waals surface area (Å²) in [7, 11) is 0. The molecule has 4 nitrogen and oxygen atoms in total. The van der Waals surface area contributed by atoms with Gasteiger partial charge in [-0.1, -0.05) is 31.0 Å². The predicted molar refractivity (Wildman–Crippen MR) is 76.0 cm³/mol. The number of para-hydroxylation sites is 1. The van der Waals surface area contributed by atoms with E-state index in [2.05, 4.69) is 10.2 Å². The highest BCUT2D eigenvalue weighted by molar-refractivity contribution is 7.71. The van der Waals surface area contributed by atoms with Crippen molar-refractivity contribution in [3.8, 4) is 5.69 Å². The highest BCUT2D eigenvalue weighted by Crippen LogP contribution is 2.33. The van der Waals surface area contributed by atoms with Crippen LogP contribution in [0.3, 0.4) is 0 Å². The van der Waals surface area contributed by atoms with Crippen LogP contribution in [0.4, 0.5) is 0 Å². The van der Waals surface area contributed by atoms with E-state index in [4.69, 9.17) is 12.2 Å². The van der Waals surface area contributed by atoms with Gasteiger partial charge in [0.05, 0.1) is 6.10 Å². The van der Waals surface area contributed by atoms with Crippen molar-refractivity contribution in [3.05, 3.63) is 40.9 Å². The average molecular weight is 275 g/mol. The molecule has 1 aliphatic carbocycles. The van der Waals surface area contributed by atoms with Gasteiger partial charge in [-0.3, -0.25) is 9.67 Å². The zero-order valence-corrected chi connectivity index (χ0v) is 11.4. The molecular formula is C14H17N3OS. The topological polar surface area (TPSA) is 53.8 Å². The van der Waals surface area contributed by atoms with E-state index < -0.39 is 0 Å². The Morgan fingerprint density at radius 3 is 2.68 bits per heavy atom. The zero-order valence-electron chi connectivity index (χ0n) is 10.6. The number of aromatic amines is 1. The van der Waals surface area contributed by atoms with Gasteiger partial charge in [0.1, 0.15) is 5.82 Å². The van der Waals surface area contributed by atoms with Crippen LogP contribution in [0.5, 0.6) is 0 Å². The van der Waals surface area contributed by atoms with Gasteiger partial charge in [0.15, 0.2) is 4.77 Å². The Balaban J connectivity index is 2.06. The molecule has 100 valence electrons. The minimum Gasteiger partial charge on any atom is -0.392 e. The molecule has 0 aliphatic heterocycles. The molecule has 0 spiro atoms. The van der Waals surface area contributed by atoms with Gasteiger partial charge in [-0.15, -0.1) is 0 Å². The molecule has 1 heterocycles. The van der Waals surface area contributed by atoms with Gasteiger partial charge >= 0.3 is 0 Å². The molecule has 1 aromatic carbocycles. The van der Waals surface area contributed by atoms with Crippen LogP contribution in [0.25, 0.3) is 5.69 Å². The van der Waals surface area contributed by atoms with E-state index in [1.807, 2.05) is 34.9 Å². The SMILES string of the molecule is OC1CCCCC1c1n[nH]c(=S)n1-c1ccccc1. The van der Waals surface area contributed by atoms with Crippen molar-refractivity contribution in [2.45, 2.75) is 37.7 Å². The van der Waals surface area contributed by atoms with Crippen LogP contribution in [-0.4, -0.2) is 26.0 Å². The molecule has 19 heavy (non-hydrogen) atoms. The summed E-state index contributed by atoms with van der Waals surface area (Å²) in [6, 6.07) is 9.94. The third-order valence-electron chi connectivity index (χ3n) is 3.77. The number of rotatable bonds is 2. The Labute approximate surface area is 117 Å². The van der Waals surface area contributed by atoms with Gasteiger partial charge in [-0.2, -0.15) is 5.10 Å². The van der Waals surface area contributed by atoms with Crippen LogP contribution in [-0.2, 0) is 0 Å². The quantitative estimate of drug-likeness (QED) is 0.829. The van der Waals surface area contributed by atoms with Gasteiger partial charge in [-0.25, -0.2) is 0 Å². The number of benzene rings is 1. The number of nitrogens with one attached hydrogen (secondary N) is 1. The lowest BCUT2D eigenvalue weighted by atomic mass is 9.86. The molecule has 2 atom stereocenters. The number of hydrogen-bond donors (Lipinski definition) is 2. The minimum absolute atomic E-state index is 0.0712. The molecule has 2 aromatic rings. The number of aliphatic hydroxyl groups is 1. The first kappa shape index (κ1) is 12.6. The van der Waals surface area contributed by atoms with Crippen molar-refractivity contribution >= 4 is 12.2 Å². The maximum atomic E-state index is 10.2. The van der Waals surface area contributed by atoms with E-state index >= 15 is 0 Å². The molecule has 5 heteroatoms. The van der Waals surface area contributed by atoms with E-state index in [1.54, 1.807) is 0 Å². The highest BCUT2D eigenvalue weighted by atomic mass is 32.1. The van der Waals surface area contributed by atoms with Crippen molar-refractivity contribution < 1.29 is 5.11 Å². The lowest BCUT2D eigenvalue weighted by Crippen LogP contribution is -2.25. The van der Waals surface area contributed by atoms with Crippen LogP contribution >= 0.6 is 12.2 Å². The first-order chi connectivity index (χ1) is 9.27. The number of hydrogen-bond acceptors (Lipinski definition) is 3. The second-order valence-electron chi connectivity index (χ2n) is 5.02. The van der Waals surface area contributed by atoms with Gasteiger partial charge < -0.3 is 5.11 Å². The molecule has 2 N–H and O–H groups in total. The Kier molecular flexibility index (Phi) is 3.48. The first-order valence-corrected chi connectivity index (χ1v) is 7.09. The van der Waals surface area contributed by atoms with Gasteiger partial charge in [-0.05, 0) is 37.2 Å². The lowest BCUT2D eigenvalue weighted by Gasteiger charge is -2.27. The molecular weight excluding hydrogens is 258 g/mol. The Bertz CT molecular complexity index is 605. The van der Waals surface area contributed by atoms with Crippen molar-refractivity contribution in [3.63, 3.8) is 0 Å². The van der Waals surface area contributed by atoms with Crippen LogP contribution < -0.4 is 0 Å². The second-order valence-corrected chi connectivity index (χ2v) is 5.40. The van der Waals surface area contributed by atoms with Crippen LogP contribution in [0, 0.1) is 4.77 Å². The second kappa shape index (κ2) is 5.27. The van der Waals surface area contributed by atoms with Gasteiger partial charge in [0.2, 0.25) is 0 Å². The summed E-state index contributed by atoms with van der Waals surface area (Å²) in [4.78, 5) is 0. The average Bonchev–Trinajstić information content (AvgIpc) is 2.82. The van der Waals surface area contributed by atoms with E-state index in [0.717, 1.165) is 37.2 Å². The monoisotopic (exact) mass is 275 g/mol. The number of aliphatic hydroxyl groups excluding tert-OH is 1. The molecule has 0 amide bonds. The molecule has 0 saturated heterocycles. The Morgan fingerprint density at radius 1 is 1.21 bits per heavy atom. The molecule has 1 fully saturated rings. The highest BCUT2D eigenvalue weighted by Gasteiger charge is 2.29. The number of H-pyrrole nitrogens is 1. The summed E-state index contributed by atoms with van der Waals surface area (Å²) in [5.41, 5.74) is 0.994. The standard InChI is InChI=1S/C14H17N3OS/c18-12-9-5-4-8-11(12)13-15-16-14(19)17(13)10-6-2-1-3-7-10/h1-3,6-7,11-12,18H,4-5,8-9H2,(H,16,19). The molecule has 0 radical (unpaired) electrons. The van der Waals surface area contributed by atoms with Crippen LogP contribution in [0.1, 0.15) is 37.4 Å². The van der Waals surface area contributed by atoms with Crippen molar-refractivity contribution in [2.24, 2.45) is 0 Å². The maximum Gasteiger partial charge on any atom is 0.199 e. The van der Waals surface area contributed by atoms with E-state index in [0.29, 0.717) is 4.77 Å². The summed E-state index contributed by atoms with van der Waals surface area (Å²) in [5, 5.41) is 17.4. The number of nitrogens with zero attached hydrogens (tertiary/aromatic N) is 2. The molecule has 2 unspecified atom stereocenters. The molecule has 1 aliphatic rings. The lowest BCUT2D eigenvalue weighted by molar-refractivity contribution is 0.102. The third kappa shape index (κ3) is 2.35. The largest absolute Gasteiger partial charge is 0.392 e. The van der Waals surface area contributed by atoms with Crippen molar-refractivity contribution in [1.82, 2.24) is 14.8 Å². The fraction of sp³-hybridized carbons (Fsp3) is 0.429. The van der Waals surface area contributed by atoms with E-state index in [9.17, 15) is 5.11 Å². The third-order valence-corrected chi connectivity index (χ3v) is 4.05. The molecule has 3 rings (SSSR count). The number of aromatic nitrogens is 3. The summed E-state index contributed by atoms with van der Waals surface area (Å²) < 4.78 is 2.52. The summed E-state index contributed by atoms with van der Waals surface area (Å²) in [6.07, 6.45) is 3.72. The summed E-state index contributed by atoms with van der Waals surface area (Å²) in [5.74, 6) is 0.922. The maximum absolute atomic E-state index is 10.2. The van der Waals surface area contributed by atoms with Crippen molar-refractivity contribution in [1.29, 1.82) is 0 Å². The van der Waals surface area contributed by atoms with Gasteiger partial charge in [0.25, 0.3) is 0 Å². The summed E-state index contributed by atoms with van der Waals surface area (Å²) >= 11 is 5.33. The Morgan fingerprint density at radius 2 is 1.95 bits per heavy atom.